The summed E-state index contributed by atoms with van der Waals surface area (Å²) in [4.78, 5) is 12.4. The van der Waals surface area contributed by atoms with E-state index in [1.165, 1.54) is 30.0 Å². The summed E-state index contributed by atoms with van der Waals surface area (Å²) in [6, 6.07) is 8.81. The first-order valence-corrected chi connectivity index (χ1v) is 13.7. The van der Waals surface area contributed by atoms with E-state index < -0.39 is 0 Å². The Bertz CT molecular complexity index is 1300. The maximum absolute atomic E-state index is 9.28. The van der Waals surface area contributed by atoms with Crippen LogP contribution in [0.1, 0.15) is 29.8 Å². The highest BCUT2D eigenvalue weighted by Gasteiger charge is 2.25. The van der Waals surface area contributed by atoms with Gasteiger partial charge in [-0.1, -0.05) is 24.8 Å². The Morgan fingerprint density at radius 1 is 1.26 bits per heavy atom. The van der Waals surface area contributed by atoms with Crippen molar-refractivity contribution in [3.63, 3.8) is 0 Å². The van der Waals surface area contributed by atoms with Gasteiger partial charge in [-0.3, -0.25) is 10.4 Å². The van der Waals surface area contributed by atoms with Gasteiger partial charge in [-0.15, -0.1) is 17.1 Å². The quantitative estimate of drug-likeness (QED) is 0.341. The summed E-state index contributed by atoms with van der Waals surface area (Å²) in [5.41, 5.74) is 7.61. The normalized spacial score (nSPS) is 17.0. The highest BCUT2D eigenvalue weighted by Crippen LogP contribution is 2.30. The van der Waals surface area contributed by atoms with E-state index in [1.807, 2.05) is 49.4 Å². The molecule has 3 aromatic rings. The monoisotopic (exact) mass is 487 g/mol. The first kappa shape index (κ1) is 22.9. The van der Waals surface area contributed by atoms with Crippen LogP contribution in [0.2, 0.25) is 0 Å². The Labute approximate surface area is 209 Å². The number of aromatic nitrogens is 2. The van der Waals surface area contributed by atoms with E-state index >= 15 is 0 Å². The molecule has 2 aliphatic heterocycles. The SMILES string of the molecule is C=C=CN1CCC(NC2CCSCC2)=C(C(=N)c2cccc3cc(-c4cnc(C)s4)ncc23)C1. The van der Waals surface area contributed by atoms with Crippen molar-refractivity contribution in [1.29, 1.82) is 5.41 Å². The minimum absolute atomic E-state index is 0.500. The predicted molar refractivity (Wildman–Crippen MR) is 145 cm³/mol. The van der Waals surface area contributed by atoms with Crippen LogP contribution in [0.5, 0.6) is 0 Å². The number of hydrogen-bond donors (Lipinski definition) is 2. The van der Waals surface area contributed by atoms with Gasteiger partial charge in [-0.2, -0.15) is 11.8 Å². The van der Waals surface area contributed by atoms with Gasteiger partial charge < -0.3 is 10.2 Å². The van der Waals surface area contributed by atoms with E-state index in [4.69, 9.17) is 4.98 Å². The highest BCUT2D eigenvalue weighted by atomic mass is 32.2. The second kappa shape index (κ2) is 10.2. The molecule has 0 bridgehead atoms. The first-order chi connectivity index (χ1) is 16.6. The lowest BCUT2D eigenvalue weighted by molar-refractivity contribution is 0.378. The van der Waals surface area contributed by atoms with Gasteiger partial charge in [0.1, 0.15) is 0 Å². The van der Waals surface area contributed by atoms with Crippen LogP contribution >= 0.6 is 23.1 Å². The van der Waals surface area contributed by atoms with Crippen molar-refractivity contribution in [2.45, 2.75) is 32.2 Å². The number of fused-ring (bicyclic) bond motifs is 1. The Hall–Kier alpha value is -2.86. The molecule has 1 saturated heterocycles. The molecule has 0 saturated carbocycles. The number of benzene rings is 1. The van der Waals surface area contributed by atoms with Crippen LogP contribution in [0.4, 0.5) is 0 Å². The van der Waals surface area contributed by atoms with Crippen molar-refractivity contribution in [2.24, 2.45) is 0 Å². The Morgan fingerprint density at radius 2 is 2.12 bits per heavy atom. The number of aryl methyl sites for hydroxylation is 1. The molecule has 0 radical (unpaired) electrons. The van der Waals surface area contributed by atoms with Gasteiger partial charge in [0.2, 0.25) is 0 Å². The molecule has 0 aliphatic carbocycles. The van der Waals surface area contributed by atoms with Crippen molar-refractivity contribution in [3.8, 4) is 10.6 Å². The van der Waals surface area contributed by atoms with Crippen LogP contribution in [0.15, 0.2) is 66.4 Å². The maximum atomic E-state index is 9.28. The maximum Gasteiger partial charge on any atom is 0.0901 e. The lowest BCUT2D eigenvalue weighted by Gasteiger charge is -2.33. The number of hydrogen-bond acceptors (Lipinski definition) is 7. The largest absolute Gasteiger partial charge is 0.385 e. The van der Waals surface area contributed by atoms with Crippen molar-refractivity contribution in [1.82, 2.24) is 20.2 Å². The van der Waals surface area contributed by atoms with Crippen LogP contribution in [-0.4, -0.2) is 51.2 Å². The minimum atomic E-state index is 0.500. The molecule has 2 aliphatic rings. The standard InChI is InChI=1S/C27H29N5S2/c1-3-10-32-11-7-24(31-20-8-12-33-13-9-20)23(17-32)27(28)21-6-4-5-19-14-25(30-15-22(19)21)26-16-29-18(2)34-26/h4-6,10,14-16,20,28,31H,1,7-9,11-13,17H2,2H3. The van der Waals surface area contributed by atoms with Crippen molar-refractivity contribution < 1.29 is 0 Å². The molecule has 2 aromatic heterocycles. The third kappa shape index (κ3) is 4.83. The Morgan fingerprint density at radius 3 is 2.88 bits per heavy atom. The number of thioether (sulfide) groups is 1. The van der Waals surface area contributed by atoms with Crippen LogP contribution in [0.25, 0.3) is 21.3 Å². The molecule has 0 unspecified atom stereocenters. The third-order valence-corrected chi connectivity index (χ3v) is 8.44. The summed E-state index contributed by atoms with van der Waals surface area (Å²) in [5.74, 6) is 2.42. The van der Waals surface area contributed by atoms with E-state index in [-0.39, 0.29) is 0 Å². The molecule has 7 heteroatoms. The van der Waals surface area contributed by atoms with Gasteiger partial charge in [0, 0.05) is 66.4 Å². The molecular weight excluding hydrogens is 458 g/mol. The molecule has 0 amide bonds. The number of rotatable bonds is 6. The molecule has 0 atom stereocenters. The number of pyridine rings is 1. The van der Waals surface area contributed by atoms with Crippen LogP contribution in [0.3, 0.4) is 0 Å². The summed E-state index contributed by atoms with van der Waals surface area (Å²) >= 11 is 3.69. The highest BCUT2D eigenvalue weighted by molar-refractivity contribution is 7.99. The third-order valence-electron chi connectivity index (χ3n) is 6.46. The number of nitrogens with one attached hydrogen (secondary N) is 2. The summed E-state index contributed by atoms with van der Waals surface area (Å²) in [6.45, 7) is 7.36. The second-order valence-electron chi connectivity index (χ2n) is 8.76. The van der Waals surface area contributed by atoms with Crippen LogP contribution in [0, 0.1) is 12.3 Å². The molecule has 34 heavy (non-hydrogen) atoms. The van der Waals surface area contributed by atoms with Gasteiger partial charge in [-0.05, 0) is 42.7 Å². The van der Waals surface area contributed by atoms with Gasteiger partial charge in [0.05, 0.1) is 21.3 Å². The molecular formula is C27H29N5S2. The molecule has 1 aromatic carbocycles. The molecule has 4 heterocycles. The topological polar surface area (TPSA) is 64.9 Å². The van der Waals surface area contributed by atoms with Crippen molar-refractivity contribution >= 4 is 39.6 Å². The predicted octanol–water partition coefficient (Wildman–Crippen LogP) is 5.78. The van der Waals surface area contributed by atoms with E-state index in [2.05, 4.69) is 39.6 Å². The average Bonchev–Trinajstić information content (AvgIpc) is 3.31. The molecule has 1 fully saturated rings. The fourth-order valence-electron chi connectivity index (χ4n) is 4.67. The first-order valence-electron chi connectivity index (χ1n) is 11.7. The zero-order chi connectivity index (χ0) is 23.5. The van der Waals surface area contributed by atoms with Crippen LogP contribution < -0.4 is 5.32 Å². The zero-order valence-electron chi connectivity index (χ0n) is 19.4. The Balaban J connectivity index is 1.51. The van der Waals surface area contributed by atoms with E-state index in [1.54, 1.807) is 11.3 Å². The second-order valence-corrected chi connectivity index (χ2v) is 11.2. The van der Waals surface area contributed by atoms with E-state index in [9.17, 15) is 5.41 Å². The zero-order valence-corrected chi connectivity index (χ0v) is 21.1. The average molecular weight is 488 g/mol. The lowest BCUT2D eigenvalue weighted by atomic mass is 9.92. The lowest BCUT2D eigenvalue weighted by Crippen LogP contribution is -2.39. The van der Waals surface area contributed by atoms with Crippen molar-refractivity contribution in [3.05, 3.63) is 77.0 Å². The molecule has 5 rings (SSSR count). The minimum Gasteiger partial charge on any atom is -0.385 e. The Kier molecular flexibility index (Phi) is 6.86. The summed E-state index contributed by atoms with van der Waals surface area (Å²) in [5, 5.41) is 16.2. The van der Waals surface area contributed by atoms with Gasteiger partial charge in [-0.25, -0.2) is 4.98 Å². The number of thiazole rings is 1. The van der Waals surface area contributed by atoms with Gasteiger partial charge in [0.15, 0.2) is 0 Å². The fraction of sp³-hybridized carbons (Fsp3) is 0.333. The molecule has 0 spiro atoms. The smallest absolute Gasteiger partial charge is 0.0901 e. The molecule has 174 valence electrons. The van der Waals surface area contributed by atoms with E-state index in [0.29, 0.717) is 18.3 Å². The molecule has 5 nitrogen and oxygen atoms in total. The summed E-state index contributed by atoms with van der Waals surface area (Å²) < 4.78 is 0. The van der Waals surface area contributed by atoms with E-state index in [0.717, 1.165) is 50.5 Å². The molecule has 2 N–H and O–H groups in total. The van der Waals surface area contributed by atoms with Gasteiger partial charge in [0.25, 0.3) is 0 Å². The summed E-state index contributed by atoms with van der Waals surface area (Å²) in [6.07, 6.45) is 8.98. The summed E-state index contributed by atoms with van der Waals surface area (Å²) in [7, 11) is 0. The fourth-order valence-corrected chi connectivity index (χ4v) is 6.52. The van der Waals surface area contributed by atoms with Gasteiger partial charge >= 0.3 is 0 Å². The van der Waals surface area contributed by atoms with Crippen LogP contribution in [-0.2, 0) is 0 Å². The van der Waals surface area contributed by atoms with Crippen molar-refractivity contribution in [2.75, 3.05) is 24.6 Å². The number of nitrogens with zero attached hydrogens (tertiary/aromatic N) is 3.